The minimum atomic E-state index is -0.171. The van der Waals surface area contributed by atoms with Crippen LogP contribution in [0.1, 0.15) is 23.2 Å². The van der Waals surface area contributed by atoms with E-state index in [2.05, 4.69) is 0 Å². The Morgan fingerprint density at radius 3 is 2.44 bits per heavy atom. The number of piperidine rings is 1. The molecule has 2 aromatic rings. The number of rotatable bonds is 3. The van der Waals surface area contributed by atoms with Gasteiger partial charge in [0.05, 0.1) is 5.92 Å². The van der Waals surface area contributed by atoms with Gasteiger partial charge in [0, 0.05) is 36.4 Å². The first kappa shape index (κ1) is 17.5. The second kappa shape index (κ2) is 7.70. The first-order chi connectivity index (χ1) is 12.1. The topological polar surface area (TPSA) is 40.6 Å². The zero-order chi connectivity index (χ0) is 17.8. The third-order valence-corrected chi connectivity index (χ3v) is 4.88. The summed E-state index contributed by atoms with van der Waals surface area (Å²) in [6.45, 7) is 1.14. The van der Waals surface area contributed by atoms with Gasteiger partial charge in [0.25, 0.3) is 5.91 Å². The summed E-state index contributed by atoms with van der Waals surface area (Å²) < 4.78 is 0. The fourth-order valence-electron chi connectivity index (χ4n) is 3.19. The summed E-state index contributed by atoms with van der Waals surface area (Å²) >= 11 is 5.88. The molecule has 0 bridgehead atoms. The molecule has 1 unspecified atom stereocenters. The molecule has 0 aliphatic carbocycles. The van der Waals surface area contributed by atoms with E-state index in [-0.39, 0.29) is 17.7 Å². The molecular weight excluding hydrogens is 336 g/mol. The third-order valence-electron chi connectivity index (χ3n) is 4.62. The van der Waals surface area contributed by atoms with Crippen molar-refractivity contribution >= 4 is 29.1 Å². The summed E-state index contributed by atoms with van der Waals surface area (Å²) in [6.07, 6.45) is 1.64. The summed E-state index contributed by atoms with van der Waals surface area (Å²) in [6, 6.07) is 16.5. The van der Waals surface area contributed by atoms with Crippen LogP contribution in [0.2, 0.25) is 5.02 Å². The van der Waals surface area contributed by atoms with Gasteiger partial charge in [-0.15, -0.1) is 0 Å². The zero-order valence-electron chi connectivity index (χ0n) is 14.2. The number of amides is 2. The fraction of sp³-hybridized carbons (Fsp3) is 0.300. The second-order valence-corrected chi connectivity index (χ2v) is 6.77. The van der Waals surface area contributed by atoms with E-state index in [9.17, 15) is 9.59 Å². The Morgan fingerprint density at radius 1 is 1.08 bits per heavy atom. The van der Waals surface area contributed by atoms with Crippen LogP contribution in [-0.4, -0.2) is 36.9 Å². The summed E-state index contributed by atoms with van der Waals surface area (Å²) in [4.78, 5) is 28.9. The lowest BCUT2D eigenvalue weighted by atomic mass is 9.95. The van der Waals surface area contributed by atoms with Gasteiger partial charge in [0.2, 0.25) is 5.91 Å². The first-order valence-corrected chi connectivity index (χ1v) is 8.81. The average Bonchev–Trinajstić information content (AvgIpc) is 2.67. The molecule has 0 saturated carbocycles. The SMILES string of the molecule is CN(C(=O)C1CCCN(C(=O)c2ccc(Cl)cc2)C1)c1ccccc1. The number of likely N-dealkylation sites (tertiary alicyclic amines) is 1. The maximum absolute atomic E-state index is 12.8. The molecule has 1 aliphatic heterocycles. The van der Waals surface area contributed by atoms with E-state index in [1.54, 1.807) is 41.1 Å². The van der Waals surface area contributed by atoms with Gasteiger partial charge in [0.15, 0.2) is 0 Å². The average molecular weight is 357 g/mol. The predicted molar refractivity (Wildman–Crippen MR) is 99.9 cm³/mol. The van der Waals surface area contributed by atoms with Crippen molar-refractivity contribution in [2.24, 2.45) is 5.92 Å². The smallest absolute Gasteiger partial charge is 0.253 e. The molecule has 2 aromatic carbocycles. The highest BCUT2D eigenvalue weighted by molar-refractivity contribution is 6.30. The largest absolute Gasteiger partial charge is 0.338 e. The van der Waals surface area contributed by atoms with Gasteiger partial charge in [-0.3, -0.25) is 9.59 Å². The van der Waals surface area contributed by atoms with E-state index in [1.807, 2.05) is 30.3 Å². The number of carbonyl (C=O) groups excluding carboxylic acids is 2. The van der Waals surface area contributed by atoms with E-state index in [1.165, 1.54) is 0 Å². The minimum Gasteiger partial charge on any atom is -0.338 e. The molecule has 1 fully saturated rings. The van der Waals surface area contributed by atoms with Gasteiger partial charge >= 0.3 is 0 Å². The highest BCUT2D eigenvalue weighted by atomic mass is 35.5. The number of hydrogen-bond acceptors (Lipinski definition) is 2. The summed E-state index contributed by atoms with van der Waals surface area (Å²) in [5.74, 6) is -0.161. The molecule has 2 amide bonds. The number of hydrogen-bond donors (Lipinski definition) is 0. The molecule has 130 valence electrons. The molecule has 1 atom stereocenters. The number of halogens is 1. The van der Waals surface area contributed by atoms with Crippen LogP contribution in [0.4, 0.5) is 5.69 Å². The Kier molecular flexibility index (Phi) is 5.39. The molecule has 1 saturated heterocycles. The fourth-order valence-corrected chi connectivity index (χ4v) is 3.32. The quantitative estimate of drug-likeness (QED) is 0.838. The molecule has 0 spiro atoms. The zero-order valence-corrected chi connectivity index (χ0v) is 14.9. The van der Waals surface area contributed by atoms with Crippen molar-refractivity contribution in [3.63, 3.8) is 0 Å². The number of benzene rings is 2. The standard InChI is InChI=1S/C20H21ClN2O2/c1-22(18-7-3-2-4-8-18)19(24)16-6-5-13-23(14-16)20(25)15-9-11-17(21)12-10-15/h2-4,7-12,16H,5-6,13-14H2,1H3. The van der Waals surface area contributed by atoms with Crippen LogP contribution in [0.25, 0.3) is 0 Å². The second-order valence-electron chi connectivity index (χ2n) is 6.33. The van der Waals surface area contributed by atoms with Crippen LogP contribution in [0.15, 0.2) is 54.6 Å². The lowest BCUT2D eigenvalue weighted by molar-refractivity contribution is -0.123. The Bertz CT molecular complexity index is 746. The van der Waals surface area contributed by atoms with Gasteiger partial charge < -0.3 is 9.80 Å². The van der Waals surface area contributed by atoms with Gasteiger partial charge in [-0.2, -0.15) is 0 Å². The monoisotopic (exact) mass is 356 g/mol. The Labute approximate surface area is 153 Å². The normalized spacial score (nSPS) is 17.2. The lowest BCUT2D eigenvalue weighted by Gasteiger charge is -2.34. The molecule has 3 rings (SSSR count). The van der Waals surface area contributed by atoms with E-state index < -0.39 is 0 Å². The molecular formula is C20H21ClN2O2. The Hall–Kier alpha value is -2.33. The Balaban J connectivity index is 1.69. The van der Waals surface area contributed by atoms with Crippen LogP contribution in [0.5, 0.6) is 0 Å². The maximum atomic E-state index is 12.8. The van der Waals surface area contributed by atoms with Crippen molar-refractivity contribution < 1.29 is 9.59 Å². The van der Waals surface area contributed by atoms with E-state index in [0.717, 1.165) is 18.5 Å². The number of carbonyl (C=O) groups is 2. The summed E-state index contributed by atoms with van der Waals surface area (Å²) in [5.41, 5.74) is 1.47. The van der Waals surface area contributed by atoms with Crippen molar-refractivity contribution in [3.8, 4) is 0 Å². The lowest BCUT2D eigenvalue weighted by Crippen LogP contribution is -2.46. The minimum absolute atomic E-state index is 0.0449. The molecule has 0 radical (unpaired) electrons. The van der Waals surface area contributed by atoms with Gasteiger partial charge in [-0.05, 0) is 49.2 Å². The molecule has 1 heterocycles. The Morgan fingerprint density at radius 2 is 1.76 bits per heavy atom. The summed E-state index contributed by atoms with van der Waals surface area (Å²) in [7, 11) is 1.79. The van der Waals surface area contributed by atoms with Crippen LogP contribution in [0, 0.1) is 5.92 Å². The van der Waals surface area contributed by atoms with E-state index in [4.69, 9.17) is 11.6 Å². The molecule has 0 N–H and O–H groups in total. The first-order valence-electron chi connectivity index (χ1n) is 8.43. The van der Waals surface area contributed by atoms with Crippen molar-refractivity contribution in [2.75, 3.05) is 25.0 Å². The van der Waals surface area contributed by atoms with Crippen molar-refractivity contribution in [3.05, 3.63) is 65.2 Å². The number of nitrogens with zero attached hydrogens (tertiary/aromatic N) is 2. The predicted octanol–water partition coefficient (Wildman–Crippen LogP) is 3.86. The van der Waals surface area contributed by atoms with Crippen molar-refractivity contribution in [2.45, 2.75) is 12.8 Å². The van der Waals surface area contributed by atoms with Crippen LogP contribution < -0.4 is 4.90 Å². The van der Waals surface area contributed by atoms with E-state index >= 15 is 0 Å². The molecule has 1 aliphatic rings. The van der Waals surface area contributed by atoms with Crippen LogP contribution >= 0.6 is 11.6 Å². The van der Waals surface area contributed by atoms with Crippen molar-refractivity contribution in [1.29, 1.82) is 0 Å². The third kappa shape index (κ3) is 4.02. The van der Waals surface area contributed by atoms with Crippen LogP contribution in [0.3, 0.4) is 0 Å². The molecule has 4 nitrogen and oxygen atoms in total. The highest BCUT2D eigenvalue weighted by Crippen LogP contribution is 2.23. The number of para-hydroxylation sites is 1. The van der Waals surface area contributed by atoms with Gasteiger partial charge in [-0.1, -0.05) is 29.8 Å². The van der Waals surface area contributed by atoms with E-state index in [0.29, 0.717) is 23.7 Å². The molecule has 0 aromatic heterocycles. The van der Waals surface area contributed by atoms with Gasteiger partial charge in [0.1, 0.15) is 0 Å². The molecule has 5 heteroatoms. The van der Waals surface area contributed by atoms with Crippen molar-refractivity contribution in [1.82, 2.24) is 4.90 Å². The molecule has 25 heavy (non-hydrogen) atoms. The van der Waals surface area contributed by atoms with Crippen LogP contribution in [-0.2, 0) is 4.79 Å². The maximum Gasteiger partial charge on any atom is 0.253 e. The number of anilines is 1. The summed E-state index contributed by atoms with van der Waals surface area (Å²) in [5, 5.41) is 0.604. The van der Waals surface area contributed by atoms with Gasteiger partial charge in [-0.25, -0.2) is 0 Å². The highest BCUT2D eigenvalue weighted by Gasteiger charge is 2.30.